The molecule has 6 nitrogen and oxygen atoms in total. The first-order valence-electron chi connectivity index (χ1n) is 10.8. The maximum Gasteiger partial charge on any atom is 0.191 e. The Hall–Kier alpha value is -2.57. The number of ether oxygens (including phenoxy) is 1. The molecule has 0 saturated carbocycles. The van der Waals surface area contributed by atoms with Crippen molar-refractivity contribution in [3.05, 3.63) is 66.2 Å². The van der Waals surface area contributed by atoms with Gasteiger partial charge in [0, 0.05) is 31.4 Å². The molecule has 0 radical (unpaired) electrons. The van der Waals surface area contributed by atoms with Crippen molar-refractivity contribution >= 4 is 11.6 Å². The number of rotatable bonds is 9. The number of aliphatic imine (C=N–C) groups is 1. The van der Waals surface area contributed by atoms with Gasteiger partial charge in [0.05, 0.1) is 25.4 Å². The lowest BCUT2D eigenvalue weighted by Crippen LogP contribution is -2.45. The summed E-state index contributed by atoms with van der Waals surface area (Å²) in [5.41, 5.74) is 2.36. The van der Waals surface area contributed by atoms with Gasteiger partial charge in [-0.05, 0) is 38.0 Å². The van der Waals surface area contributed by atoms with Crippen molar-refractivity contribution in [2.75, 3.05) is 37.7 Å². The summed E-state index contributed by atoms with van der Waals surface area (Å²) >= 11 is 0. The third-order valence-corrected chi connectivity index (χ3v) is 5.26. The minimum atomic E-state index is -0.643. The van der Waals surface area contributed by atoms with Gasteiger partial charge in [0.15, 0.2) is 5.96 Å². The summed E-state index contributed by atoms with van der Waals surface area (Å²) in [6.45, 7) is 7.33. The highest BCUT2D eigenvalue weighted by atomic mass is 16.5. The quantitative estimate of drug-likeness (QED) is 0.438. The monoisotopic (exact) mass is 410 g/mol. The Morgan fingerprint density at radius 3 is 2.57 bits per heavy atom. The first kappa shape index (κ1) is 22.1. The van der Waals surface area contributed by atoms with Gasteiger partial charge in [-0.15, -0.1) is 0 Å². The summed E-state index contributed by atoms with van der Waals surface area (Å²) in [6, 6.07) is 20.8. The molecule has 162 valence electrons. The van der Waals surface area contributed by atoms with Crippen LogP contribution in [0.1, 0.15) is 31.9 Å². The summed E-state index contributed by atoms with van der Waals surface area (Å²) in [5.74, 6) is 0.743. The first-order chi connectivity index (χ1) is 14.7. The smallest absolute Gasteiger partial charge is 0.191 e. The number of hydrogen-bond acceptors (Lipinski definition) is 4. The van der Waals surface area contributed by atoms with Crippen molar-refractivity contribution in [1.82, 2.24) is 10.6 Å². The van der Waals surface area contributed by atoms with Crippen molar-refractivity contribution < 1.29 is 9.84 Å². The van der Waals surface area contributed by atoms with Crippen LogP contribution in [0.15, 0.2) is 65.7 Å². The lowest BCUT2D eigenvalue weighted by molar-refractivity contribution is 0.00111. The molecule has 3 unspecified atom stereocenters. The van der Waals surface area contributed by atoms with Gasteiger partial charge in [-0.3, -0.25) is 4.99 Å². The fourth-order valence-corrected chi connectivity index (χ4v) is 3.59. The maximum absolute atomic E-state index is 10.3. The van der Waals surface area contributed by atoms with E-state index in [1.54, 1.807) is 0 Å². The first-order valence-corrected chi connectivity index (χ1v) is 10.8. The number of nitrogens with one attached hydrogen (secondary N) is 2. The van der Waals surface area contributed by atoms with Gasteiger partial charge in [0.25, 0.3) is 0 Å². The zero-order chi connectivity index (χ0) is 21.2. The minimum absolute atomic E-state index is 0.0568. The number of hydrogen-bond donors (Lipinski definition) is 3. The Morgan fingerprint density at radius 1 is 1.17 bits per heavy atom. The summed E-state index contributed by atoms with van der Waals surface area (Å²) in [6.07, 6.45) is 0.356. The normalized spacial score (nSPS) is 18.8. The lowest BCUT2D eigenvalue weighted by Gasteiger charge is -2.21. The molecular formula is C24H34N4O2. The van der Waals surface area contributed by atoms with E-state index >= 15 is 0 Å². The SMILES string of the molecule is CCNC(=NCC(O)COC(C)c1ccccc1)NC1CCN(c2ccccc2)C1. The van der Waals surface area contributed by atoms with Crippen LogP contribution in [0.5, 0.6) is 0 Å². The Kier molecular flexibility index (Phi) is 8.53. The molecule has 1 fully saturated rings. The Balaban J connectivity index is 1.46. The molecule has 0 spiro atoms. The molecule has 3 atom stereocenters. The molecule has 3 N–H and O–H groups in total. The molecule has 30 heavy (non-hydrogen) atoms. The fourth-order valence-electron chi connectivity index (χ4n) is 3.59. The minimum Gasteiger partial charge on any atom is -0.389 e. The standard InChI is InChI=1S/C24H34N4O2/c1-3-25-24(27-21-14-15-28(17-21)22-12-8-5-9-13-22)26-16-23(29)18-30-19(2)20-10-6-4-7-11-20/h4-13,19,21,23,29H,3,14-18H2,1-2H3,(H2,25,26,27). The Bertz CT molecular complexity index is 769. The zero-order valence-corrected chi connectivity index (χ0v) is 18.0. The van der Waals surface area contributed by atoms with Gasteiger partial charge in [-0.1, -0.05) is 48.5 Å². The second-order valence-corrected chi connectivity index (χ2v) is 7.67. The predicted molar refractivity (Wildman–Crippen MR) is 123 cm³/mol. The van der Waals surface area contributed by atoms with Gasteiger partial charge in [-0.2, -0.15) is 0 Å². The van der Waals surface area contributed by atoms with E-state index in [9.17, 15) is 5.11 Å². The summed E-state index contributed by atoms with van der Waals surface area (Å²) in [7, 11) is 0. The van der Waals surface area contributed by atoms with E-state index < -0.39 is 6.10 Å². The van der Waals surface area contributed by atoms with E-state index in [0.717, 1.165) is 37.6 Å². The molecular weight excluding hydrogens is 376 g/mol. The van der Waals surface area contributed by atoms with Crippen LogP contribution in [0.2, 0.25) is 0 Å². The number of guanidine groups is 1. The van der Waals surface area contributed by atoms with E-state index in [-0.39, 0.29) is 12.7 Å². The number of benzene rings is 2. The van der Waals surface area contributed by atoms with Gasteiger partial charge in [-0.25, -0.2) is 0 Å². The van der Waals surface area contributed by atoms with Crippen LogP contribution in [-0.4, -0.2) is 56.0 Å². The van der Waals surface area contributed by atoms with Crippen LogP contribution in [0.3, 0.4) is 0 Å². The van der Waals surface area contributed by atoms with Crippen LogP contribution >= 0.6 is 0 Å². The van der Waals surface area contributed by atoms with Crippen LogP contribution < -0.4 is 15.5 Å². The third kappa shape index (κ3) is 6.75. The van der Waals surface area contributed by atoms with Crippen molar-refractivity contribution in [1.29, 1.82) is 0 Å². The molecule has 1 saturated heterocycles. The topological polar surface area (TPSA) is 69.1 Å². The van der Waals surface area contributed by atoms with Crippen molar-refractivity contribution in [3.63, 3.8) is 0 Å². The van der Waals surface area contributed by atoms with Gasteiger partial charge < -0.3 is 25.4 Å². The van der Waals surface area contributed by atoms with Gasteiger partial charge in [0.2, 0.25) is 0 Å². The van der Waals surface area contributed by atoms with Crippen molar-refractivity contribution in [3.8, 4) is 0 Å². The van der Waals surface area contributed by atoms with Crippen LogP contribution in [0.4, 0.5) is 5.69 Å². The molecule has 0 amide bonds. The number of anilines is 1. The Morgan fingerprint density at radius 2 is 1.87 bits per heavy atom. The molecule has 0 aromatic heterocycles. The fraction of sp³-hybridized carbons (Fsp3) is 0.458. The van der Waals surface area contributed by atoms with E-state index in [0.29, 0.717) is 12.6 Å². The van der Waals surface area contributed by atoms with Crippen molar-refractivity contribution in [2.24, 2.45) is 4.99 Å². The third-order valence-electron chi connectivity index (χ3n) is 5.26. The summed E-state index contributed by atoms with van der Waals surface area (Å²) in [4.78, 5) is 6.96. The molecule has 0 aliphatic carbocycles. The van der Waals surface area contributed by atoms with Crippen LogP contribution in [-0.2, 0) is 4.74 Å². The van der Waals surface area contributed by atoms with E-state index in [1.165, 1.54) is 5.69 Å². The lowest BCUT2D eigenvalue weighted by atomic mass is 10.1. The zero-order valence-electron chi connectivity index (χ0n) is 18.0. The van der Waals surface area contributed by atoms with Crippen LogP contribution in [0.25, 0.3) is 0 Å². The number of aliphatic hydroxyl groups excluding tert-OH is 1. The number of para-hydroxylation sites is 1. The molecule has 0 bridgehead atoms. The highest BCUT2D eigenvalue weighted by Crippen LogP contribution is 2.19. The summed E-state index contributed by atoms with van der Waals surface area (Å²) in [5, 5.41) is 17.1. The second-order valence-electron chi connectivity index (χ2n) is 7.67. The van der Waals surface area contributed by atoms with Gasteiger partial charge in [0.1, 0.15) is 0 Å². The van der Waals surface area contributed by atoms with Crippen LogP contribution in [0, 0.1) is 0 Å². The molecule has 3 rings (SSSR count). The van der Waals surface area contributed by atoms with Crippen molar-refractivity contribution in [2.45, 2.75) is 38.5 Å². The Labute approximate surface area is 180 Å². The maximum atomic E-state index is 10.3. The highest BCUT2D eigenvalue weighted by Gasteiger charge is 2.23. The van der Waals surface area contributed by atoms with Gasteiger partial charge >= 0.3 is 0 Å². The van der Waals surface area contributed by atoms with E-state index in [4.69, 9.17) is 4.74 Å². The second kappa shape index (κ2) is 11.6. The average Bonchev–Trinajstić information content (AvgIpc) is 3.25. The summed E-state index contributed by atoms with van der Waals surface area (Å²) < 4.78 is 5.81. The highest BCUT2D eigenvalue weighted by molar-refractivity contribution is 5.80. The molecule has 1 heterocycles. The largest absolute Gasteiger partial charge is 0.389 e. The predicted octanol–water partition coefficient (Wildman–Crippen LogP) is 2.96. The molecule has 1 aliphatic rings. The number of nitrogens with zero attached hydrogens (tertiary/aromatic N) is 2. The van der Waals surface area contributed by atoms with E-state index in [2.05, 4.69) is 44.8 Å². The molecule has 2 aromatic rings. The van der Waals surface area contributed by atoms with E-state index in [1.807, 2.05) is 50.2 Å². The average molecular weight is 411 g/mol. The molecule has 1 aliphatic heterocycles. The number of aliphatic hydroxyl groups is 1. The molecule has 2 aromatic carbocycles. The molecule has 6 heteroatoms.